The van der Waals surface area contributed by atoms with Crippen molar-refractivity contribution in [3.8, 4) is 0 Å². The van der Waals surface area contributed by atoms with Gasteiger partial charge in [0, 0.05) is 23.9 Å². The Labute approximate surface area is 111 Å². The summed E-state index contributed by atoms with van der Waals surface area (Å²) in [6.07, 6.45) is 6.04. The Balaban J connectivity index is 2.41. The summed E-state index contributed by atoms with van der Waals surface area (Å²) in [4.78, 5) is 4.43. The zero-order chi connectivity index (χ0) is 13.0. The first-order valence-electron chi connectivity index (χ1n) is 6.06. The quantitative estimate of drug-likeness (QED) is 0.813. The molecule has 0 aromatic carbocycles. The number of nitrogens with two attached hydrogens (primary N) is 1. The molecule has 2 aromatic heterocycles. The molecule has 4 nitrogen and oxygen atoms in total. The molecule has 18 heavy (non-hydrogen) atoms. The number of H-pyrrole nitrogens is 1. The molecule has 0 aliphatic rings. The molecule has 2 rings (SSSR count). The number of hydrogen-bond donors (Lipinski definition) is 2. The highest BCUT2D eigenvalue weighted by Gasteiger charge is 2.19. The van der Waals surface area contributed by atoms with Gasteiger partial charge in [0.1, 0.15) is 5.82 Å². The highest BCUT2D eigenvalue weighted by atomic mass is 32.2. The van der Waals surface area contributed by atoms with Gasteiger partial charge in [0.05, 0.1) is 5.03 Å². The first kappa shape index (κ1) is 13.0. The van der Waals surface area contributed by atoms with Gasteiger partial charge in [0.15, 0.2) is 0 Å². The van der Waals surface area contributed by atoms with Crippen LogP contribution in [0.15, 0.2) is 29.4 Å². The standard InChI is InChI=1S/C13H18N4S/c1-3-5-9(11-8-12(14)17-16-11)10-6-4-7-15-13(10)18-2/h4,6-9H,3,5H2,1-2H3,(H3,14,16,17). The van der Waals surface area contributed by atoms with Crippen LogP contribution in [0.4, 0.5) is 5.82 Å². The number of aromatic nitrogens is 3. The van der Waals surface area contributed by atoms with Crippen molar-refractivity contribution in [1.82, 2.24) is 15.2 Å². The molecule has 96 valence electrons. The van der Waals surface area contributed by atoms with Crippen molar-refractivity contribution in [3.05, 3.63) is 35.7 Å². The van der Waals surface area contributed by atoms with Gasteiger partial charge in [0.25, 0.3) is 0 Å². The minimum Gasteiger partial charge on any atom is -0.382 e. The lowest BCUT2D eigenvalue weighted by atomic mass is 9.92. The molecule has 1 atom stereocenters. The highest BCUT2D eigenvalue weighted by Crippen LogP contribution is 2.33. The summed E-state index contributed by atoms with van der Waals surface area (Å²) in [5, 5.41) is 8.13. The van der Waals surface area contributed by atoms with Crippen LogP contribution in [0.25, 0.3) is 0 Å². The van der Waals surface area contributed by atoms with Crippen LogP contribution < -0.4 is 5.73 Å². The van der Waals surface area contributed by atoms with Crippen molar-refractivity contribution < 1.29 is 0 Å². The van der Waals surface area contributed by atoms with Crippen molar-refractivity contribution in [2.45, 2.75) is 30.7 Å². The molecule has 5 heteroatoms. The third-order valence-electron chi connectivity index (χ3n) is 2.94. The topological polar surface area (TPSA) is 67.6 Å². The first-order valence-corrected chi connectivity index (χ1v) is 7.28. The lowest BCUT2D eigenvalue weighted by Crippen LogP contribution is -2.04. The third kappa shape index (κ3) is 2.67. The maximum atomic E-state index is 5.70. The summed E-state index contributed by atoms with van der Waals surface area (Å²) in [6, 6.07) is 6.03. The molecule has 0 fully saturated rings. The van der Waals surface area contributed by atoms with E-state index in [4.69, 9.17) is 5.73 Å². The predicted molar refractivity (Wildman–Crippen MR) is 75.8 cm³/mol. The van der Waals surface area contributed by atoms with E-state index in [0.29, 0.717) is 5.82 Å². The maximum Gasteiger partial charge on any atom is 0.145 e. The molecule has 0 saturated carbocycles. The molecule has 0 amide bonds. The fraction of sp³-hybridized carbons (Fsp3) is 0.385. The molecule has 0 radical (unpaired) electrons. The number of aromatic amines is 1. The zero-order valence-electron chi connectivity index (χ0n) is 10.7. The summed E-state index contributed by atoms with van der Waals surface area (Å²) in [5.41, 5.74) is 8.01. The molecule has 3 N–H and O–H groups in total. The number of rotatable bonds is 5. The zero-order valence-corrected chi connectivity index (χ0v) is 11.5. The van der Waals surface area contributed by atoms with Gasteiger partial charge in [-0.05, 0) is 24.3 Å². The predicted octanol–water partition coefficient (Wildman–Crippen LogP) is 3.04. The summed E-state index contributed by atoms with van der Waals surface area (Å²) >= 11 is 1.67. The molecule has 0 saturated heterocycles. The Morgan fingerprint density at radius 3 is 2.94 bits per heavy atom. The minimum absolute atomic E-state index is 0.288. The van der Waals surface area contributed by atoms with Crippen LogP contribution >= 0.6 is 11.8 Å². The van der Waals surface area contributed by atoms with E-state index in [-0.39, 0.29) is 5.92 Å². The molecule has 0 bridgehead atoms. The summed E-state index contributed by atoms with van der Waals surface area (Å²) in [6.45, 7) is 2.18. The monoisotopic (exact) mass is 262 g/mol. The van der Waals surface area contributed by atoms with Gasteiger partial charge in [-0.3, -0.25) is 5.10 Å². The van der Waals surface area contributed by atoms with Crippen molar-refractivity contribution in [2.75, 3.05) is 12.0 Å². The Morgan fingerprint density at radius 1 is 1.50 bits per heavy atom. The van der Waals surface area contributed by atoms with Gasteiger partial charge in [-0.15, -0.1) is 11.8 Å². The average Bonchev–Trinajstić information content (AvgIpc) is 2.82. The molecule has 2 heterocycles. The van der Waals surface area contributed by atoms with E-state index in [1.165, 1.54) is 5.56 Å². The van der Waals surface area contributed by atoms with Crippen LogP contribution in [-0.2, 0) is 0 Å². The van der Waals surface area contributed by atoms with Gasteiger partial charge in [-0.2, -0.15) is 5.10 Å². The Bertz CT molecular complexity index is 509. The second kappa shape index (κ2) is 5.91. The first-order chi connectivity index (χ1) is 8.76. The average molecular weight is 262 g/mol. The number of nitrogen functional groups attached to an aromatic ring is 1. The summed E-state index contributed by atoms with van der Waals surface area (Å²) in [7, 11) is 0. The number of nitrogens with one attached hydrogen (secondary N) is 1. The van der Waals surface area contributed by atoms with E-state index < -0.39 is 0 Å². The second-order valence-electron chi connectivity index (χ2n) is 4.19. The normalized spacial score (nSPS) is 12.6. The Hall–Kier alpha value is -1.49. The van der Waals surface area contributed by atoms with Crippen LogP contribution in [0.1, 0.15) is 36.9 Å². The molecule has 0 aliphatic carbocycles. The fourth-order valence-electron chi connectivity index (χ4n) is 2.14. The molecular weight excluding hydrogens is 244 g/mol. The van der Waals surface area contributed by atoms with Gasteiger partial charge >= 0.3 is 0 Å². The molecule has 0 aliphatic heterocycles. The van der Waals surface area contributed by atoms with Crippen LogP contribution in [0.3, 0.4) is 0 Å². The highest BCUT2D eigenvalue weighted by molar-refractivity contribution is 7.98. The lowest BCUT2D eigenvalue weighted by molar-refractivity contribution is 0.662. The van der Waals surface area contributed by atoms with Crippen LogP contribution in [0.5, 0.6) is 0 Å². The van der Waals surface area contributed by atoms with Crippen LogP contribution in [0.2, 0.25) is 0 Å². The maximum absolute atomic E-state index is 5.70. The van der Waals surface area contributed by atoms with Crippen LogP contribution in [-0.4, -0.2) is 21.4 Å². The number of anilines is 1. The Kier molecular flexibility index (Phi) is 4.25. The van der Waals surface area contributed by atoms with Crippen molar-refractivity contribution >= 4 is 17.6 Å². The van der Waals surface area contributed by atoms with Gasteiger partial charge in [0.2, 0.25) is 0 Å². The second-order valence-corrected chi connectivity index (χ2v) is 4.99. The van der Waals surface area contributed by atoms with Crippen molar-refractivity contribution in [1.29, 1.82) is 0 Å². The number of thioether (sulfide) groups is 1. The smallest absolute Gasteiger partial charge is 0.145 e. The van der Waals surface area contributed by atoms with Crippen molar-refractivity contribution in [2.24, 2.45) is 0 Å². The summed E-state index contributed by atoms with van der Waals surface area (Å²) < 4.78 is 0. The number of hydrogen-bond acceptors (Lipinski definition) is 4. The summed E-state index contributed by atoms with van der Waals surface area (Å²) in [5.74, 6) is 0.830. The SMILES string of the molecule is CCCC(c1cc(N)n[nH]1)c1cccnc1SC. The molecule has 0 spiro atoms. The number of nitrogens with zero attached hydrogens (tertiary/aromatic N) is 2. The van der Waals surface area contributed by atoms with Gasteiger partial charge in [-0.25, -0.2) is 4.98 Å². The van der Waals surface area contributed by atoms with E-state index in [1.807, 2.05) is 18.3 Å². The van der Waals surface area contributed by atoms with E-state index in [9.17, 15) is 0 Å². The van der Waals surface area contributed by atoms with E-state index >= 15 is 0 Å². The lowest BCUT2D eigenvalue weighted by Gasteiger charge is -2.17. The minimum atomic E-state index is 0.288. The molecule has 2 aromatic rings. The van der Waals surface area contributed by atoms with E-state index in [1.54, 1.807) is 11.8 Å². The fourth-order valence-corrected chi connectivity index (χ4v) is 2.75. The van der Waals surface area contributed by atoms with Gasteiger partial charge in [-0.1, -0.05) is 19.4 Å². The van der Waals surface area contributed by atoms with Gasteiger partial charge < -0.3 is 5.73 Å². The van der Waals surface area contributed by atoms with E-state index in [2.05, 4.69) is 34.4 Å². The van der Waals surface area contributed by atoms with E-state index in [0.717, 1.165) is 23.6 Å². The Morgan fingerprint density at radius 2 is 2.33 bits per heavy atom. The third-order valence-corrected chi connectivity index (χ3v) is 3.67. The van der Waals surface area contributed by atoms with Crippen molar-refractivity contribution in [3.63, 3.8) is 0 Å². The largest absolute Gasteiger partial charge is 0.382 e. The molecule has 1 unspecified atom stereocenters. The molecular formula is C13H18N4S. The number of pyridine rings is 1. The van der Waals surface area contributed by atoms with Crippen LogP contribution in [0, 0.1) is 0 Å².